The highest BCUT2D eigenvalue weighted by Crippen LogP contribution is 2.16. The Bertz CT molecular complexity index is 1500. The maximum atomic E-state index is 13.2. The van der Waals surface area contributed by atoms with Crippen LogP contribution in [0.15, 0.2) is 65.6 Å². The van der Waals surface area contributed by atoms with Crippen molar-refractivity contribution >= 4 is 33.9 Å². The van der Waals surface area contributed by atoms with E-state index >= 15 is 0 Å². The molecule has 5 nitrogen and oxygen atoms in total. The molecule has 0 unspecified atom stereocenters. The molecular formula is C23H13FN4OS. The molecule has 0 saturated heterocycles. The summed E-state index contributed by atoms with van der Waals surface area (Å²) in [6.45, 7) is 0.124. The fourth-order valence-electron chi connectivity index (χ4n) is 3.13. The van der Waals surface area contributed by atoms with E-state index in [2.05, 4.69) is 4.98 Å². The zero-order valence-corrected chi connectivity index (χ0v) is 16.4. The molecule has 0 aliphatic heterocycles. The second-order valence-electron chi connectivity index (χ2n) is 6.45. The summed E-state index contributed by atoms with van der Waals surface area (Å²) in [5.74, 6) is -0.379. The van der Waals surface area contributed by atoms with Crippen LogP contribution in [0.25, 0.3) is 22.6 Å². The molecular weight excluding hydrogens is 399 g/mol. The lowest BCUT2D eigenvalue weighted by Gasteiger charge is -2.02. The first kappa shape index (κ1) is 19.3. The highest BCUT2D eigenvalue weighted by atomic mass is 32.1. The number of fused-ring (bicyclic) bond motifs is 1. The highest BCUT2D eigenvalue weighted by molar-refractivity contribution is 7.07. The molecule has 7 heteroatoms. The molecule has 0 radical (unpaired) electrons. The maximum Gasteiger partial charge on any atom is 0.269 e. The number of thiazole rings is 1. The Hall–Kier alpha value is -4.07. The lowest BCUT2D eigenvalue weighted by atomic mass is 10.1. The standard InChI is InChI=1S/C23H13FN4OS/c24-19-8-6-15(7-9-19)14-28-22(29)20(30-23(28)18(12-25)13-26)11-17-4-1-3-16-5-2-10-27-21(16)17/h1-11H,14H2. The van der Waals surface area contributed by atoms with E-state index in [1.54, 1.807) is 24.4 Å². The van der Waals surface area contributed by atoms with Gasteiger partial charge in [0.05, 0.1) is 16.6 Å². The van der Waals surface area contributed by atoms with Gasteiger partial charge in [-0.3, -0.25) is 14.3 Å². The normalized spacial score (nSPS) is 11.2. The van der Waals surface area contributed by atoms with Crippen molar-refractivity contribution in [2.75, 3.05) is 0 Å². The predicted molar refractivity (Wildman–Crippen MR) is 113 cm³/mol. The van der Waals surface area contributed by atoms with Gasteiger partial charge in [0.15, 0.2) is 5.57 Å². The van der Waals surface area contributed by atoms with Gasteiger partial charge in [0.2, 0.25) is 0 Å². The molecule has 4 aromatic rings. The van der Waals surface area contributed by atoms with Crippen molar-refractivity contribution in [1.29, 1.82) is 10.5 Å². The summed E-state index contributed by atoms with van der Waals surface area (Å²) >= 11 is 1.08. The van der Waals surface area contributed by atoms with Crippen molar-refractivity contribution in [3.05, 3.63) is 97.3 Å². The first-order chi connectivity index (χ1) is 14.6. The predicted octanol–water partition coefficient (Wildman–Crippen LogP) is 2.67. The van der Waals surface area contributed by atoms with Gasteiger partial charge in [0, 0.05) is 17.1 Å². The first-order valence-corrected chi connectivity index (χ1v) is 9.76. The molecule has 2 heterocycles. The number of aromatic nitrogens is 2. The van der Waals surface area contributed by atoms with E-state index < -0.39 is 0 Å². The van der Waals surface area contributed by atoms with Gasteiger partial charge in [-0.1, -0.05) is 36.4 Å². The van der Waals surface area contributed by atoms with E-state index in [0.717, 1.165) is 27.8 Å². The summed E-state index contributed by atoms with van der Waals surface area (Å²) in [6, 6.07) is 18.9. The molecule has 0 amide bonds. The van der Waals surface area contributed by atoms with Crippen molar-refractivity contribution < 1.29 is 4.39 Å². The molecule has 144 valence electrons. The second-order valence-corrected chi connectivity index (χ2v) is 7.49. The number of nitriles is 2. The summed E-state index contributed by atoms with van der Waals surface area (Å²) in [6.07, 6.45) is 3.41. The summed E-state index contributed by atoms with van der Waals surface area (Å²) in [7, 11) is 0. The van der Waals surface area contributed by atoms with Crippen LogP contribution in [0.1, 0.15) is 11.1 Å². The highest BCUT2D eigenvalue weighted by Gasteiger charge is 2.11. The number of hydrogen-bond donors (Lipinski definition) is 0. The average Bonchev–Trinajstić information content (AvgIpc) is 3.06. The number of rotatable bonds is 3. The van der Waals surface area contributed by atoms with Crippen LogP contribution < -0.4 is 14.8 Å². The fourth-order valence-corrected chi connectivity index (χ4v) is 4.17. The smallest absolute Gasteiger partial charge is 0.269 e. The van der Waals surface area contributed by atoms with Crippen molar-refractivity contribution in [2.45, 2.75) is 6.54 Å². The molecule has 30 heavy (non-hydrogen) atoms. The van der Waals surface area contributed by atoms with Crippen LogP contribution in [0.3, 0.4) is 0 Å². The van der Waals surface area contributed by atoms with Crippen molar-refractivity contribution in [2.24, 2.45) is 0 Å². The SMILES string of the molecule is N#CC(C#N)=c1sc(=Cc2cccc3cccnc23)c(=O)n1Cc1ccc(F)cc1. The monoisotopic (exact) mass is 412 g/mol. The Labute approximate surface area is 174 Å². The molecule has 0 atom stereocenters. The zero-order chi connectivity index (χ0) is 21.1. The number of hydrogen-bond acceptors (Lipinski definition) is 5. The van der Waals surface area contributed by atoms with Crippen LogP contribution in [0.4, 0.5) is 4.39 Å². The number of benzene rings is 2. The van der Waals surface area contributed by atoms with Gasteiger partial charge in [0.25, 0.3) is 5.56 Å². The molecule has 2 aromatic heterocycles. The molecule has 0 aliphatic rings. The molecule has 0 N–H and O–H groups in total. The molecule has 0 saturated carbocycles. The van der Waals surface area contributed by atoms with Crippen molar-refractivity contribution in [1.82, 2.24) is 9.55 Å². The minimum Gasteiger partial charge on any atom is -0.293 e. The third kappa shape index (κ3) is 3.62. The molecule has 2 aromatic carbocycles. The van der Waals surface area contributed by atoms with E-state index in [-0.39, 0.29) is 28.2 Å². The maximum absolute atomic E-state index is 13.2. The van der Waals surface area contributed by atoms with Crippen molar-refractivity contribution in [3.63, 3.8) is 0 Å². The van der Waals surface area contributed by atoms with Crippen LogP contribution in [-0.2, 0) is 6.54 Å². The van der Waals surface area contributed by atoms with E-state index in [4.69, 9.17) is 0 Å². The molecule has 0 spiro atoms. The quantitative estimate of drug-likeness (QED) is 0.518. The van der Waals surface area contributed by atoms with Crippen LogP contribution in [-0.4, -0.2) is 9.55 Å². The minimum absolute atomic E-state index is 0.124. The van der Waals surface area contributed by atoms with E-state index in [9.17, 15) is 19.7 Å². The number of pyridine rings is 1. The lowest BCUT2D eigenvalue weighted by molar-refractivity contribution is 0.626. The lowest BCUT2D eigenvalue weighted by Crippen LogP contribution is -2.32. The van der Waals surface area contributed by atoms with Gasteiger partial charge < -0.3 is 0 Å². The van der Waals surface area contributed by atoms with Crippen LogP contribution in [0.5, 0.6) is 0 Å². The van der Waals surface area contributed by atoms with Gasteiger partial charge in [-0.2, -0.15) is 10.5 Å². The second kappa shape index (κ2) is 8.12. The number of nitrogens with zero attached hydrogens (tertiary/aromatic N) is 4. The van der Waals surface area contributed by atoms with Crippen LogP contribution in [0, 0.1) is 28.5 Å². The summed E-state index contributed by atoms with van der Waals surface area (Å²) in [5.41, 5.74) is 1.74. The van der Waals surface area contributed by atoms with Gasteiger partial charge in [-0.15, -0.1) is 11.3 Å². The molecule has 0 fully saturated rings. The molecule has 4 rings (SSSR count). The first-order valence-electron chi connectivity index (χ1n) is 8.95. The number of para-hydroxylation sites is 1. The minimum atomic E-state index is -0.379. The Morgan fingerprint density at radius 2 is 1.83 bits per heavy atom. The van der Waals surface area contributed by atoms with E-state index in [1.165, 1.54) is 16.7 Å². The van der Waals surface area contributed by atoms with Crippen molar-refractivity contribution in [3.8, 4) is 12.1 Å². The van der Waals surface area contributed by atoms with Gasteiger partial charge >= 0.3 is 0 Å². The zero-order valence-electron chi connectivity index (χ0n) is 15.5. The summed E-state index contributed by atoms with van der Waals surface area (Å²) in [5, 5.41) is 19.6. The Balaban J connectivity index is 1.97. The fraction of sp³-hybridized carbons (Fsp3) is 0.0435. The van der Waals surface area contributed by atoms with Crippen LogP contribution in [0.2, 0.25) is 0 Å². The molecule has 0 aliphatic carbocycles. The Kier molecular flexibility index (Phi) is 5.21. The third-order valence-corrected chi connectivity index (χ3v) is 5.68. The number of halogens is 1. The van der Waals surface area contributed by atoms with E-state index in [1.807, 2.05) is 42.5 Å². The van der Waals surface area contributed by atoms with Gasteiger partial charge in [-0.25, -0.2) is 4.39 Å². The Morgan fingerprint density at radius 1 is 1.10 bits per heavy atom. The van der Waals surface area contributed by atoms with E-state index in [0.29, 0.717) is 10.1 Å². The summed E-state index contributed by atoms with van der Waals surface area (Å²) < 4.78 is 15.3. The van der Waals surface area contributed by atoms with Crippen LogP contribution >= 0.6 is 11.3 Å². The van der Waals surface area contributed by atoms with Gasteiger partial charge in [0.1, 0.15) is 22.6 Å². The Morgan fingerprint density at radius 3 is 2.57 bits per heavy atom. The van der Waals surface area contributed by atoms with Gasteiger partial charge in [-0.05, 0) is 29.8 Å². The summed E-state index contributed by atoms with van der Waals surface area (Å²) in [4.78, 5) is 17.6. The largest absolute Gasteiger partial charge is 0.293 e. The average molecular weight is 412 g/mol. The third-order valence-electron chi connectivity index (χ3n) is 4.55. The topological polar surface area (TPSA) is 82.5 Å². The molecule has 0 bridgehead atoms.